The molecule has 0 radical (unpaired) electrons. The summed E-state index contributed by atoms with van der Waals surface area (Å²) in [6, 6.07) is 6.56. The van der Waals surface area contributed by atoms with E-state index in [1.54, 1.807) is 0 Å². The molecule has 0 spiro atoms. The molecule has 0 aliphatic carbocycles. The molecule has 100 valence electrons. The molecule has 0 bridgehead atoms. The number of hydrogen-bond donors (Lipinski definition) is 1. The van der Waals surface area contributed by atoms with Gasteiger partial charge in [0.1, 0.15) is 11.4 Å². The minimum Gasteiger partial charge on any atom is -0.486 e. The maximum absolute atomic E-state index is 6.08. The summed E-state index contributed by atoms with van der Waals surface area (Å²) in [5.74, 6) is 0.980. The van der Waals surface area contributed by atoms with Crippen LogP contribution in [0, 0.1) is 0 Å². The first-order chi connectivity index (χ1) is 8.34. The van der Waals surface area contributed by atoms with Crippen LogP contribution >= 0.6 is 0 Å². The van der Waals surface area contributed by atoms with Gasteiger partial charge < -0.3 is 10.1 Å². The maximum Gasteiger partial charge on any atom is 0.143 e. The Hall–Kier alpha value is -1.18. The molecule has 0 saturated carbocycles. The summed E-state index contributed by atoms with van der Waals surface area (Å²) in [6.07, 6.45) is 2.16. The standard InChI is InChI=1S/C16H25NO/c1-6-15(2,3)12-7-8-14-13(11-12)17-10-9-16(4,5)18-14/h7-8,11,17H,6,9-10H2,1-5H3. The monoisotopic (exact) mass is 247 g/mol. The lowest BCUT2D eigenvalue weighted by molar-refractivity contribution is 0.108. The smallest absolute Gasteiger partial charge is 0.143 e. The van der Waals surface area contributed by atoms with Crippen LogP contribution in [0.2, 0.25) is 0 Å². The first-order valence-corrected chi connectivity index (χ1v) is 6.91. The van der Waals surface area contributed by atoms with E-state index in [0.717, 1.165) is 30.8 Å². The SMILES string of the molecule is CCC(C)(C)c1ccc2c(c1)NCCC(C)(C)O2. The highest BCUT2D eigenvalue weighted by atomic mass is 16.5. The Labute approximate surface area is 111 Å². The van der Waals surface area contributed by atoms with Crippen LogP contribution in [0.15, 0.2) is 18.2 Å². The predicted molar refractivity (Wildman–Crippen MR) is 77.6 cm³/mol. The van der Waals surface area contributed by atoms with E-state index in [1.165, 1.54) is 5.56 Å². The van der Waals surface area contributed by atoms with E-state index in [1.807, 2.05) is 0 Å². The Morgan fingerprint density at radius 1 is 1.33 bits per heavy atom. The highest BCUT2D eigenvalue weighted by Crippen LogP contribution is 2.37. The molecule has 0 fully saturated rings. The quantitative estimate of drug-likeness (QED) is 0.839. The zero-order valence-electron chi connectivity index (χ0n) is 12.3. The molecule has 1 aromatic carbocycles. The molecule has 18 heavy (non-hydrogen) atoms. The Bertz CT molecular complexity index is 435. The molecule has 0 unspecified atom stereocenters. The lowest BCUT2D eigenvalue weighted by atomic mass is 9.82. The largest absolute Gasteiger partial charge is 0.486 e. The molecule has 0 aromatic heterocycles. The topological polar surface area (TPSA) is 21.3 Å². The van der Waals surface area contributed by atoms with Gasteiger partial charge in [0.05, 0.1) is 5.69 Å². The fourth-order valence-electron chi connectivity index (χ4n) is 2.23. The normalized spacial score (nSPS) is 18.3. The summed E-state index contributed by atoms with van der Waals surface area (Å²) in [5.41, 5.74) is 2.65. The van der Waals surface area contributed by atoms with Crippen LogP contribution in [0.4, 0.5) is 5.69 Å². The van der Waals surface area contributed by atoms with Crippen molar-refractivity contribution in [2.24, 2.45) is 0 Å². The molecule has 1 aliphatic rings. The van der Waals surface area contributed by atoms with Crippen LogP contribution in [-0.4, -0.2) is 12.1 Å². The molecule has 1 N–H and O–H groups in total. The van der Waals surface area contributed by atoms with E-state index in [2.05, 4.69) is 58.1 Å². The van der Waals surface area contributed by atoms with Gasteiger partial charge in [-0.05, 0) is 43.4 Å². The van der Waals surface area contributed by atoms with Gasteiger partial charge in [0.25, 0.3) is 0 Å². The number of nitrogens with one attached hydrogen (secondary N) is 1. The molecule has 2 heteroatoms. The van der Waals surface area contributed by atoms with Crippen molar-refractivity contribution in [2.75, 3.05) is 11.9 Å². The van der Waals surface area contributed by atoms with Gasteiger partial charge in [-0.3, -0.25) is 0 Å². The highest BCUT2D eigenvalue weighted by molar-refractivity contribution is 5.59. The van der Waals surface area contributed by atoms with Gasteiger partial charge in [-0.2, -0.15) is 0 Å². The second-order valence-electron chi connectivity index (χ2n) is 6.49. The van der Waals surface area contributed by atoms with Crippen LogP contribution in [0.1, 0.15) is 53.0 Å². The second kappa shape index (κ2) is 4.49. The van der Waals surface area contributed by atoms with Crippen molar-refractivity contribution in [1.29, 1.82) is 0 Å². The zero-order valence-corrected chi connectivity index (χ0v) is 12.3. The van der Waals surface area contributed by atoms with Crippen LogP contribution in [0.3, 0.4) is 0 Å². The fourth-order valence-corrected chi connectivity index (χ4v) is 2.23. The molecule has 1 heterocycles. The zero-order chi connectivity index (χ0) is 13.4. The Morgan fingerprint density at radius 3 is 2.72 bits per heavy atom. The number of rotatable bonds is 2. The van der Waals surface area contributed by atoms with E-state index in [0.29, 0.717) is 0 Å². The van der Waals surface area contributed by atoms with Crippen LogP contribution < -0.4 is 10.1 Å². The van der Waals surface area contributed by atoms with Crippen LogP contribution in [0.25, 0.3) is 0 Å². The van der Waals surface area contributed by atoms with Gasteiger partial charge in [-0.1, -0.05) is 26.8 Å². The molecule has 1 aromatic rings. The summed E-state index contributed by atoms with van der Waals surface area (Å²) < 4.78 is 6.08. The van der Waals surface area contributed by atoms with Crippen molar-refractivity contribution >= 4 is 5.69 Å². The lowest BCUT2D eigenvalue weighted by Gasteiger charge is -2.26. The van der Waals surface area contributed by atoms with E-state index < -0.39 is 0 Å². The van der Waals surface area contributed by atoms with Gasteiger partial charge in [0.2, 0.25) is 0 Å². The summed E-state index contributed by atoms with van der Waals surface area (Å²) >= 11 is 0. The summed E-state index contributed by atoms with van der Waals surface area (Å²) in [5, 5.41) is 3.49. The number of hydrogen-bond acceptors (Lipinski definition) is 2. The average Bonchev–Trinajstić information content (AvgIpc) is 2.44. The van der Waals surface area contributed by atoms with Crippen molar-refractivity contribution in [3.63, 3.8) is 0 Å². The summed E-state index contributed by atoms with van der Waals surface area (Å²) in [6.45, 7) is 12.1. The van der Waals surface area contributed by atoms with Gasteiger partial charge in [0.15, 0.2) is 0 Å². The molecule has 2 rings (SSSR count). The van der Waals surface area contributed by atoms with E-state index in [-0.39, 0.29) is 11.0 Å². The first-order valence-electron chi connectivity index (χ1n) is 6.91. The highest BCUT2D eigenvalue weighted by Gasteiger charge is 2.26. The third-order valence-corrected chi connectivity index (χ3v) is 4.07. The van der Waals surface area contributed by atoms with Crippen LogP contribution in [-0.2, 0) is 5.41 Å². The Morgan fingerprint density at radius 2 is 2.06 bits per heavy atom. The van der Waals surface area contributed by atoms with Crippen molar-refractivity contribution in [2.45, 2.75) is 58.5 Å². The molecule has 0 saturated heterocycles. The van der Waals surface area contributed by atoms with Crippen molar-refractivity contribution < 1.29 is 4.74 Å². The van der Waals surface area contributed by atoms with Crippen LogP contribution in [0.5, 0.6) is 5.75 Å². The fraction of sp³-hybridized carbons (Fsp3) is 0.625. The molecule has 0 atom stereocenters. The minimum atomic E-state index is -0.0833. The third-order valence-electron chi connectivity index (χ3n) is 4.07. The molecule has 2 nitrogen and oxygen atoms in total. The van der Waals surface area contributed by atoms with Crippen molar-refractivity contribution in [3.05, 3.63) is 23.8 Å². The van der Waals surface area contributed by atoms with E-state index >= 15 is 0 Å². The number of fused-ring (bicyclic) bond motifs is 1. The molecular formula is C16H25NO. The predicted octanol–water partition coefficient (Wildman–Crippen LogP) is 4.35. The molecule has 1 aliphatic heterocycles. The lowest BCUT2D eigenvalue weighted by Crippen LogP contribution is -2.28. The van der Waals surface area contributed by atoms with E-state index in [9.17, 15) is 0 Å². The number of ether oxygens (including phenoxy) is 1. The first kappa shape index (κ1) is 13.3. The Kier molecular flexibility index (Phi) is 3.31. The Balaban J connectivity index is 2.36. The van der Waals surface area contributed by atoms with Crippen molar-refractivity contribution in [1.82, 2.24) is 0 Å². The maximum atomic E-state index is 6.08. The van der Waals surface area contributed by atoms with Gasteiger partial charge in [0, 0.05) is 13.0 Å². The number of benzene rings is 1. The number of anilines is 1. The molecular weight excluding hydrogens is 222 g/mol. The van der Waals surface area contributed by atoms with E-state index in [4.69, 9.17) is 4.74 Å². The van der Waals surface area contributed by atoms with Gasteiger partial charge in [-0.15, -0.1) is 0 Å². The second-order valence-corrected chi connectivity index (χ2v) is 6.49. The van der Waals surface area contributed by atoms with Gasteiger partial charge >= 0.3 is 0 Å². The average molecular weight is 247 g/mol. The third kappa shape index (κ3) is 2.63. The summed E-state index contributed by atoms with van der Waals surface area (Å²) in [4.78, 5) is 0. The molecule has 0 amide bonds. The van der Waals surface area contributed by atoms with Crippen molar-refractivity contribution in [3.8, 4) is 5.75 Å². The minimum absolute atomic E-state index is 0.0833. The summed E-state index contributed by atoms with van der Waals surface area (Å²) in [7, 11) is 0. The van der Waals surface area contributed by atoms with Gasteiger partial charge in [-0.25, -0.2) is 0 Å².